The summed E-state index contributed by atoms with van der Waals surface area (Å²) in [6.45, 7) is 0. The van der Waals surface area contributed by atoms with Crippen LogP contribution in [0.5, 0.6) is 5.88 Å². The molecule has 0 fully saturated rings. The highest BCUT2D eigenvalue weighted by Gasteiger charge is 1.95. The van der Waals surface area contributed by atoms with E-state index in [1.807, 2.05) is 6.07 Å². The number of fused-ring (bicyclic) bond motifs is 1. The highest BCUT2D eigenvalue weighted by atomic mass is 16.3. The minimum absolute atomic E-state index is 0.217. The van der Waals surface area contributed by atoms with E-state index in [1.165, 1.54) is 12.3 Å². The van der Waals surface area contributed by atoms with Gasteiger partial charge in [0.25, 0.3) is 5.88 Å². The van der Waals surface area contributed by atoms with Gasteiger partial charge in [0.05, 0.1) is 11.7 Å². The van der Waals surface area contributed by atoms with Crippen molar-refractivity contribution in [3.05, 3.63) is 30.6 Å². The Balaban J connectivity index is 2.83. The lowest BCUT2D eigenvalue weighted by molar-refractivity contribution is 0.338. The van der Waals surface area contributed by atoms with Crippen molar-refractivity contribution >= 4 is 10.9 Å². The fourth-order valence-electron chi connectivity index (χ4n) is 0.955. The fourth-order valence-corrected chi connectivity index (χ4v) is 0.955. The van der Waals surface area contributed by atoms with Gasteiger partial charge >= 0.3 is 0 Å². The van der Waals surface area contributed by atoms with Crippen LogP contribution < -0.4 is 0 Å². The van der Waals surface area contributed by atoms with Gasteiger partial charge in [0.1, 0.15) is 0 Å². The predicted molar refractivity (Wildman–Crippen MR) is 39.7 cm³/mol. The first-order valence-electron chi connectivity index (χ1n) is 3.24. The summed E-state index contributed by atoms with van der Waals surface area (Å²) in [4.78, 5) is 7.61. The molecule has 0 spiro atoms. The molecule has 0 bridgehead atoms. The summed E-state index contributed by atoms with van der Waals surface area (Å²) in [6.07, 6.45) is 3.16. The molecule has 0 amide bonds. The molecule has 3 nitrogen and oxygen atoms in total. The van der Waals surface area contributed by atoms with Gasteiger partial charge in [-0.05, 0) is 6.07 Å². The van der Waals surface area contributed by atoms with E-state index in [0.29, 0.717) is 0 Å². The minimum atomic E-state index is -0.217. The van der Waals surface area contributed by atoms with Crippen LogP contribution >= 0.6 is 0 Å². The lowest BCUT2D eigenvalue weighted by Gasteiger charge is -1.92. The third-order valence-corrected chi connectivity index (χ3v) is 1.46. The Morgan fingerprint density at radius 2 is 2.18 bits per heavy atom. The van der Waals surface area contributed by atoms with Gasteiger partial charge in [-0.3, -0.25) is 10.1 Å². The van der Waals surface area contributed by atoms with Crippen LogP contribution in [0.2, 0.25) is 0 Å². The largest absolute Gasteiger partial charge is 0.270 e. The van der Waals surface area contributed by atoms with E-state index in [-0.39, 0.29) is 5.88 Å². The average Bonchev–Trinajstić information content (AvgIpc) is 2.04. The van der Waals surface area contributed by atoms with Gasteiger partial charge in [-0.2, -0.15) is 0 Å². The first-order valence-corrected chi connectivity index (χ1v) is 3.24. The second kappa shape index (κ2) is 2.20. The van der Waals surface area contributed by atoms with Crippen LogP contribution in [0, 0.1) is 0 Å². The molecule has 0 aliphatic rings. The van der Waals surface area contributed by atoms with Crippen molar-refractivity contribution in [3.63, 3.8) is 0 Å². The molecule has 0 unspecified atom stereocenters. The molecule has 2 rings (SSSR count). The van der Waals surface area contributed by atoms with E-state index in [9.17, 15) is 5.11 Å². The van der Waals surface area contributed by atoms with Crippen LogP contribution in [0.15, 0.2) is 30.6 Å². The molecule has 0 N–H and O–H groups in total. The van der Waals surface area contributed by atoms with Crippen LogP contribution in [0.1, 0.15) is 0 Å². The summed E-state index contributed by atoms with van der Waals surface area (Å²) >= 11 is 0. The Labute approximate surface area is 63.3 Å². The first kappa shape index (κ1) is 6.09. The van der Waals surface area contributed by atoms with Crippen molar-refractivity contribution < 1.29 is 5.11 Å². The van der Waals surface area contributed by atoms with Gasteiger partial charge in [-0.1, -0.05) is 6.07 Å². The Morgan fingerprint density at radius 3 is 3.09 bits per heavy atom. The normalized spacial score (nSPS) is 10.2. The van der Waals surface area contributed by atoms with Crippen LogP contribution in [0.4, 0.5) is 0 Å². The molecule has 0 aromatic carbocycles. The van der Waals surface area contributed by atoms with Crippen LogP contribution in [-0.4, -0.2) is 9.97 Å². The number of aromatic nitrogens is 2. The van der Waals surface area contributed by atoms with Gasteiger partial charge in [-0.15, -0.1) is 0 Å². The summed E-state index contributed by atoms with van der Waals surface area (Å²) in [5.74, 6) is -0.217. The second-order valence-electron chi connectivity index (χ2n) is 2.22. The molecular formula is C8H5N2O. The molecule has 0 atom stereocenters. The zero-order valence-electron chi connectivity index (χ0n) is 5.69. The molecule has 1 radical (unpaired) electrons. The van der Waals surface area contributed by atoms with Crippen molar-refractivity contribution in [2.24, 2.45) is 0 Å². The third kappa shape index (κ3) is 1.00. The van der Waals surface area contributed by atoms with E-state index < -0.39 is 0 Å². The maximum Gasteiger partial charge on any atom is 0.270 e. The molecule has 11 heavy (non-hydrogen) atoms. The summed E-state index contributed by atoms with van der Waals surface area (Å²) in [7, 11) is 0. The van der Waals surface area contributed by atoms with Gasteiger partial charge in [0.15, 0.2) is 0 Å². The zero-order valence-corrected chi connectivity index (χ0v) is 5.69. The highest BCUT2D eigenvalue weighted by molar-refractivity contribution is 5.77. The lowest BCUT2D eigenvalue weighted by Crippen LogP contribution is -1.78. The lowest BCUT2D eigenvalue weighted by atomic mass is 10.3. The Hall–Kier alpha value is -1.64. The second-order valence-corrected chi connectivity index (χ2v) is 2.22. The third-order valence-electron chi connectivity index (χ3n) is 1.46. The maximum absolute atomic E-state index is 10.7. The fraction of sp³-hybridized carbons (Fsp3) is 0. The van der Waals surface area contributed by atoms with Gasteiger partial charge < -0.3 is 0 Å². The summed E-state index contributed by atoms with van der Waals surface area (Å²) < 4.78 is 0. The number of rotatable bonds is 0. The maximum atomic E-state index is 10.7. The van der Waals surface area contributed by atoms with E-state index in [2.05, 4.69) is 9.97 Å². The monoisotopic (exact) mass is 145 g/mol. The Bertz CT molecular complexity index is 387. The first-order chi connectivity index (χ1) is 5.36. The van der Waals surface area contributed by atoms with E-state index in [0.717, 1.165) is 10.9 Å². The molecule has 2 heterocycles. The molecule has 0 saturated carbocycles. The van der Waals surface area contributed by atoms with E-state index >= 15 is 0 Å². The molecule has 2 aromatic heterocycles. The minimum Gasteiger partial charge on any atom is -0.267 e. The molecule has 0 saturated heterocycles. The standard InChI is InChI=1S/C8H5N2O/c11-8-4-6-2-1-3-9-7(6)5-10-8/h1-5H. The Kier molecular flexibility index (Phi) is 1.22. The molecule has 0 aliphatic heterocycles. The topological polar surface area (TPSA) is 45.7 Å². The van der Waals surface area contributed by atoms with Crippen LogP contribution in [0.3, 0.4) is 0 Å². The van der Waals surface area contributed by atoms with Crippen molar-refractivity contribution in [1.82, 2.24) is 9.97 Å². The van der Waals surface area contributed by atoms with Crippen LogP contribution in [-0.2, 0) is 5.11 Å². The van der Waals surface area contributed by atoms with Gasteiger partial charge in [0, 0.05) is 17.6 Å². The molecule has 3 heteroatoms. The summed E-state index contributed by atoms with van der Waals surface area (Å²) in [6, 6.07) is 5.11. The van der Waals surface area contributed by atoms with Gasteiger partial charge in [0.2, 0.25) is 0 Å². The van der Waals surface area contributed by atoms with Gasteiger partial charge in [-0.25, -0.2) is 4.98 Å². The van der Waals surface area contributed by atoms with Crippen LogP contribution in [0.25, 0.3) is 10.9 Å². The average molecular weight is 145 g/mol. The van der Waals surface area contributed by atoms with E-state index in [1.54, 1.807) is 12.3 Å². The zero-order chi connectivity index (χ0) is 7.68. The summed E-state index contributed by atoms with van der Waals surface area (Å²) in [5.41, 5.74) is 0.757. The van der Waals surface area contributed by atoms with Crippen molar-refractivity contribution in [1.29, 1.82) is 0 Å². The number of hydrogen-bond donors (Lipinski definition) is 0. The van der Waals surface area contributed by atoms with Crippen molar-refractivity contribution in [2.75, 3.05) is 0 Å². The SMILES string of the molecule is [O]c1cc2cccnc2cn1. The highest BCUT2D eigenvalue weighted by Crippen LogP contribution is 2.13. The molecule has 0 aliphatic carbocycles. The quantitative estimate of drug-likeness (QED) is 0.567. The Morgan fingerprint density at radius 1 is 1.27 bits per heavy atom. The molecular weight excluding hydrogens is 140 g/mol. The molecule has 53 valence electrons. The number of nitrogens with zero attached hydrogens (tertiary/aromatic N) is 2. The van der Waals surface area contributed by atoms with Crippen molar-refractivity contribution in [2.45, 2.75) is 0 Å². The van der Waals surface area contributed by atoms with E-state index in [4.69, 9.17) is 0 Å². The number of pyridine rings is 2. The predicted octanol–water partition coefficient (Wildman–Crippen LogP) is 1.77. The molecule has 2 aromatic rings. The summed E-state index contributed by atoms with van der Waals surface area (Å²) in [5, 5.41) is 11.6. The van der Waals surface area contributed by atoms with Crippen molar-refractivity contribution in [3.8, 4) is 5.88 Å². The smallest absolute Gasteiger partial charge is 0.267 e. The number of hydrogen-bond acceptors (Lipinski definition) is 2.